The quantitative estimate of drug-likeness (QED) is 0.150. The second-order valence-electron chi connectivity index (χ2n) is 12.8. The van der Waals surface area contributed by atoms with Crippen LogP contribution in [0.15, 0.2) is 48.5 Å². The molecule has 228 valence electrons. The number of hydrogen-bond donors (Lipinski definition) is 2. The molecule has 0 saturated heterocycles. The summed E-state index contributed by atoms with van der Waals surface area (Å²) in [5.41, 5.74) is 9.20. The van der Waals surface area contributed by atoms with Gasteiger partial charge in [-0.25, -0.2) is 0 Å². The van der Waals surface area contributed by atoms with Gasteiger partial charge in [0.1, 0.15) is 0 Å². The number of amides is 2. The van der Waals surface area contributed by atoms with Crippen molar-refractivity contribution in [1.29, 1.82) is 0 Å². The molecule has 0 aliphatic rings. The number of benzene rings is 3. The summed E-state index contributed by atoms with van der Waals surface area (Å²) in [7, 11) is 6.77. The van der Waals surface area contributed by atoms with Crippen molar-refractivity contribution in [2.75, 3.05) is 38.3 Å². The van der Waals surface area contributed by atoms with Crippen LogP contribution in [0.5, 0.6) is 0 Å². The predicted octanol–water partition coefficient (Wildman–Crippen LogP) is 8.82. The highest BCUT2D eigenvalue weighted by Gasteiger charge is 2.19. The van der Waals surface area contributed by atoms with Gasteiger partial charge in [0.15, 0.2) is 0 Å². The minimum Gasteiger partial charge on any atom is -0.331 e. The maximum atomic E-state index is 13.2. The van der Waals surface area contributed by atoms with Crippen LogP contribution < -0.4 is 10.6 Å². The normalized spacial score (nSPS) is 11.4. The van der Waals surface area contributed by atoms with Gasteiger partial charge in [-0.3, -0.25) is 9.59 Å². The summed E-state index contributed by atoms with van der Waals surface area (Å²) < 4.78 is 1.05. The van der Waals surface area contributed by atoms with Crippen LogP contribution in [-0.2, 0) is 12.8 Å². The van der Waals surface area contributed by atoms with Crippen molar-refractivity contribution in [2.45, 2.75) is 86.0 Å². The number of unbranched alkanes of at least 4 members (excludes halogenated alkanes) is 5. The minimum absolute atomic E-state index is 0. The molecule has 0 fully saturated rings. The summed E-state index contributed by atoms with van der Waals surface area (Å²) >= 11 is 0. The average Bonchev–Trinajstić information content (AvgIpc) is 2.97. The predicted molar refractivity (Wildman–Crippen MR) is 180 cm³/mol. The van der Waals surface area contributed by atoms with Gasteiger partial charge in [-0.1, -0.05) is 50.5 Å². The Morgan fingerprint density at radius 3 is 1.38 bits per heavy atom. The first-order valence-electron chi connectivity index (χ1n) is 15.6. The molecule has 0 radical (unpaired) electrons. The first-order valence-corrected chi connectivity index (χ1v) is 15.6. The van der Waals surface area contributed by atoms with Gasteiger partial charge < -0.3 is 15.1 Å². The van der Waals surface area contributed by atoms with Crippen molar-refractivity contribution in [3.05, 3.63) is 93.0 Å². The third-order valence-electron chi connectivity index (χ3n) is 8.49. The zero-order chi connectivity index (χ0) is 30.9. The Bertz CT molecular complexity index is 1330. The number of anilines is 2. The number of nitrogens with zero attached hydrogens (tertiary/aromatic N) is 1. The minimum atomic E-state index is -0.130. The molecule has 2 amide bonds. The third-order valence-corrected chi connectivity index (χ3v) is 8.49. The molecule has 3 rings (SSSR count). The Morgan fingerprint density at radius 1 is 0.595 bits per heavy atom. The summed E-state index contributed by atoms with van der Waals surface area (Å²) in [4.78, 5) is 26.2. The van der Waals surface area contributed by atoms with Gasteiger partial charge in [0.25, 0.3) is 11.8 Å². The standard InChI is InChI=1S/C37H51N3O2.H2/c1-9-30-17-21-32(22-18-30)36(41)38-34-26(2)28(4)35(29(5)27(34)3)39-37(42)33-23-19-31(20-24-33)16-14-12-10-11-13-15-25-40(6,7)8;/h17-24H,9-16,25H2,1-8H3,(H-,38,39,41,42);1H/p+1. The molecule has 0 aliphatic carbocycles. The number of rotatable bonds is 14. The van der Waals surface area contributed by atoms with Crippen LogP contribution in [0.25, 0.3) is 0 Å². The smallest absolute Gasteiger partial charge is 0.255 e. The zero-order valence-electron chi connectivity index (χ0n) is 27.2. The molecule has 0 heterocycles. The van der Waals surface area contributed by atoms with Crippen molar-refractivity contribution < 1.29 is 15.5 Å². The van der Waals surface area contributed by atoms with E-state index < -0.39 is 0 Å². The fourth-order valence-electron chi connectivity index (χ4n) is 5.40. The Hall–Kier alpha value is -3.44. The first kappa shape index (κ1) is 33.1. The number of carbonyl (C=O) groups is 2. The molecule has 42 heavy (non-hydrogen) atoms. The second kappa shape index (κ2) is 15.2. The third kappa shape index (κ3) is 9.29. The van der Waals surface area contributed by atoms with Crippen LogP contribution in [0.4, 0.5) is 11.4 Å². The monoisotopic (exact) mass is 572 g/mol. The lowest BCUT2D eigenvalue weighted by Gasteiger charge is -2.23. The number of hydrogen-bond acceptors (Lipinski definition) is 2. The van der Waals surface area contributed by atoms with Crippen molar-refractivity contribution in [2.24, 2.45) is 0 Å². The van der Waals surface area contributed by atoms with E-state index in [-0.39, 0.29) is 13.2 Å². The summed E-state index contributed by atoms with van der Waals surface area (Å²) in [6.07, 6.45) is 9.67. The van der Waals surface area contributed by atoms with Crippen LogP contribution >= 0.6 is 0 Å². The SMILES string of the molecule is CCc1ccc(C(=O)Nc2c(C)c(C)c(NC(=O)c3ccc(CCCCCCCC[N+](C)(C)C)cc3)c(C)c2C)cc1.[HH]. The fraction of sp³-hybridized carbons (Fsp3) is 0.459. The Balaban J connectivity index is 0.00000645. The number of carbonyl (C=O) groups excluding carboxylic acids is 2. The molecule has 0 aliphatic heterocycles. The van der Waals surface area contributed by atoms with E-state index in [0.29, 0.717) is 11.1 Å². The molecule has 0 atom stereocenters. The summed E-state index contributed by atoms with van der Waals surface area (Å²) in [6.45, 7) is 11.3. The van der Waals surface area contributed by atoms with Crippen LogP contribution in [0.1, 0.15) is 101 Å². The van der Waals surface area contributed by atoms with Gasteiger partial charge in [0.2, 0.25) is 0 Å². The van der Waals surface area contributed by atoms with E-state index in [1.54, 1.807) is 0 Å². The summed E-state index contributed by atoms with van der Waals surface area (Å²) in [5, 5.41) is 6.27. The van der Waals surface area contributed by atoms with E-state index in [9.17, 15) is 9.59 Å². The Labute approximate surface area is 255 Å². The van der Waals surface area contributed by atoms with Crippen molar-refractivity contribution in [1.82, 2.24) is 0 Å². The lowest BCUT2D eigenvalue weighted by atomic mass is 9.95. The van der Waals surface area contributed by atoms with E-state index >= 15 is 0 Å². The highest BCUT2D eigenvalue weighted by molar-refractivity contribution is 6.07. The molecule has 3 aromatic carbocycles. The number of quaternary nitrogens is 1. The average molecular weight is 573 g/mol. The summed E-state index contributed by atoms with van der Waals surface area (Å²) in [6, 6.07) is 15.7. The van der Waals surface area contributed by atoms with Crippen molar-refractivity contribution in [3.8, 4) is 0 Å². The topological polar surface area (TPSA) is 58.2 Å². The maximum Gasteiger partial charge on any atom is 0.255 e. The van der Waals surface area contributed by atoms with Crippen LogP contribution in [0, 0.1) is 27.7 Å². The van der Waals surface area contributed by atoms with Crippen LogP contribution in [0.2, 0.25) is 0 Å². The van der Waals surface area contributed by atoms with E-state index in [1.807, 2.05) is 64.1 Å². The Kier molecular flexibility index (Phi) is 11.9. The maximum absolute atomic E-state index is 13.2. The highest BCUT2D eigenvalue weighted by atomic mass is 16.2. The molecular weight excluding hydrogens is 518 g/mol. The largest absolute Gasteiger partial charge is 0.331 e. The van der Waals surface area contributed by atoms with Crippen LogP contribution in [-0.4, -0.2) is 44.0 Å². The first-order chi connectivity index (χ1) is 19.9. The molecule has 5 nitrogen and oxygen atoms in total. The van der Waals surface area contributed by atoms with E-state index in [2.05, 4.69) is 50.8 Å². The molecular formula is C37H54N3O2+. The molecule has 0 saturated carbocycles. The molecule has 2 N–H and O–H groups in total. The molecule has 0 spiro atoms. The van der Waals surface area contributed by atoms with Gasteiger partial charge in [-0.2, -0.15) is 0 Å². The van der Waals surface area contributed by atoms with Gasteiger partial charge in [0.05, 0.1) is 27.7 Å². The van der Waals surface area contributed by atoms with Crippen molar-refractivity contribution >= 4 is 23.2 Å². The van der Waals surface area contributed by atoms with Gasteiger partial charge in [-0.05, 0) is 117 Å². The van der Waals surface area contributed by atoms with Crippen molar-refractivity contribution in [3.63, 3.8) is 0 Å². The molecule has 5 heteroatoms. The van der Waals surface area contributed by atoms with E-state index in [0.717, 1.165) is 51.0 Å². The fourth-order valence-corrected chi connectivity index (χ4v) is 5.40. The molecule has 0 unspecified atom stereocenters. The highest BCUT2D eigenvalue weighted by Crippen LogP contribution is 2.35. The number of nitrogens with one attached hydrogen (secondary N) is 2. The van der Waals surface area contributed by atoms with Gasteiger partial charge in [0, 0.05) is 23.9 Å². The molecule has 3 aromatic rings. The Morgan fingerprint density at radius 2 is 0.976 bits per heavy atom. The van der Waals surface area contributed by atoms with E-state index in [1.165, 1.54) is 56.2 Å². The second-order valence-corrected chi connectivity index (χ2v) is 12.8. The summed E-state index contributed by atoms with van der Waals surface area (Å²) in [5.74, 6) is -0.247. The molecule has 0 aromatic heterocycles. The lowest BCUT2D eigenvalue weighted by Crippen LogP contribution is -2.35. The molecule has 0 bridgehead atoms. The van der Waals surface area contributed by atoms with Crippen LogP contribution in [0.3, 0.4) is 0 Å². The van der Waals surface area contributed by atoms with Gasteiger partial charge >= 0.3 is 0 Å². The van der Waals surface area contributed by atoms with E-state index in [4.69, 9.17) is 0 Å². The number of aryl methyl sites for hydroxylation is 2. The lowest BCUT2D eigenvalue weighted by molar-refractivity contribution is -0.870. The van der Waals surface area contributed by atoms with Gasteiger partial charge in [-0.15, -0.1) is 0 Å². The zero-order valence-corrected chi connectivity index (χ0v) is 27.2.